The number of carboxylic acid groups (broad SMARTS) is 1. The number of amides is 1. The number of aliphatic carboxylic acids is 1. The van der Waals surface area contributed by atoms with Gasteiger partial charge in [-0.25, -0.2) is 9.78 Å². The molecule has 0 bridgehead atoms. The Bertz CT molecular complexity index is 850. The third kappa shape index (κ3) is 9.12. The molecule has 0 spiro atoms. The minimum atomic E-state index is -1.76. The van der Waals surface area contributed by atoms with Crippen molar-refractivity contribution < 1.29 is 19.4 Å². The summed E-state index contributed by atoms with van der Waals surface area (Å²) in [4.78, 5) is 32.2. The van der Waals surface area contributed by atoms with Crippen molar-refractivity contribution in [2.24, 2.45) is 5.92 Å². The molecule has 0 saturated heterocycles. The van der Waals surface area contributed by atoms with Crippen LogP contribution in [0.15, 0.2) is 42.9 Å². The maximum atomic E-state index is 12.8. The number of carboxylic acids is 1. The number of aromatic nitrogens is 2. The van der Waals surface area contributed by atoms with Crippen LogP contribution < -0.4 is 10.6 Å². The van der Waals surface area contributed by atoms with Gasteiger partial charge >= 0.3 is 5.97 Å². The first-order chi connectivity index (χ1) is 16.4. The number of thioether (sulfide) groups is 1. The number of nitrogens with zero attached hydrogens (tertiary/aromatic N) is 1. The number of imidazole rings is 1. The van der Waals surface area contributed by atoms with Gasteiger partial charge in [-0.2, -0.15) is 11.8 Å². The molecule has 34 heavy (non-hydrogen) atoms. The molecule has 4 N–H and O–H groups in total. The van der Waals surface area contributed by atoms with E-state index in [-0.39, 0.29) is 37.3 Å². The van der Waals surface area contributed by atoms with E-state index in [0.717, 1.165) is 24.1 Å². The summed E-state index contributed by atoms with van der Waals surface area (Å²) < 4.78 is 6.06. The Kier molecular flexibility index (Phi) is 12.1. The highest BCUT2D eigenvalue weighted by Crippen LogP contribution is 2.20. The average molecular weight is 491 g/mol. The van der Waals surface area contributed by atoms with E-state index in [0.29, 0.717) is 18.7 Å². The lowest BCUT2D eigenvalue weighted by molar-refractivity contribution is -0.176. The molecule has 0 aliphatic rings. The molecule has 0 fully saturated rings. The first-order valence-corrected chi connectivity index (χ1v) is 13.2. The molecule has 1 amide bonds. The molecule has 0 unspecified atom stereocenters. The number of rotatable bonds is 17. The fraction of sp³-hybridized carbons (Fsp3) is 0.560. The van der Waals surface area contributed by atoms with E-state index in [4.69, 9.17) is 4.74 Å². The van der Waals surface area contributed by atoms with Crippen LogP contribution >= 0.6 is 11.8 Å². The summed E-state index contributed by atoms with van der Waals surface area (Å²) in [7, 11) is 0. The van der Waals surface area contributed by atoms with Gasteiger partial charge < -0.3 is 25.5 Å². The number of benzene rings is 1. The summed E-state index contributed by atoms with van der Waals surface area (Å²) >= 11 is 1.52. The fourth-order valence-corrected chi connectivity index (χ4v) is 4.08. The largest absolute Gasteiger partial charge is 0.478 e. The van der Waals surface area contributed by atoms with Gasteiger partial charge in [0.1, 0.15) is 0 Å². The summed E-state index contributed by atoms with van der Waals surface area (Å²) in [5.41, 5.74) is 0.303. The molecule has 2 aromatic rings. The van der Waals surface area contributed by atoms with Crippen LogP contribution in [0, 0.1) is 5.92 Å². The van der Waals surface area contributed by atoms with Crippen molar-refractivity contribution in [1.82, 2.24) is 20.6 Å². The second-order valence-electron chi connectivity index (χ2n) is 8.49. The Labute approximate surface area is 206 Å². The van der Waals surface area contributed by atoms with Gasteiger partial charge in [0, 0.05) is 43.7 Å². The number of aromatic amines is 1. The quantitative estimate of drug-likeness (QED) is 0.252. The molecule has 1 heterocycles. The van der Waals surface area contributed by atoms with E-state index >= 15 is 0 Å². The van der Waals surface area contributed by atoms with Gasteiger partial charge in [0.2, 0.25) is 11.6 Å². The smallest absolute Gasteiger partial charge is 0.357 e. The normalized spacial score (nSPS) is 14.8. The molecule has 1 aromatic carbocycles. The van der Waals surface area contributed by atoms with Crippen molar-refractivity contribution in [3.05, 3.63) is 54.1 Å². The molecule has 8 nitrogen and oxygen atoms in total. The molecular weight excluding hydrogens is 452 g/mol. The van der Waals surface area contributed by atoms with Crippen LogP contribution in [-0.4, -0.2) is 63.9 Å². The van der Waals surface area contributed by atoms with Crippen LogP contribution in [0.2, 0.25) is 0 Å². The van der Waals surface area contributed by atoms with Crippen LogP contribution in [0.3, 0.4) is 0 Å². The van der Waals surface area contributed by atoms with Gasteiger partial charge in [0.25, 0.3) is 0 Å². The lowest BCUT2D eigenvalue weighted by Crippen LogP contribution is -2.58. The monoisotopic (exact) mass is 490 g/mol. The maximum absolute atomic E-state index is 12.8. The van der Waals surface area contributed by atoms with Gasteiger partial charge in [-0.15, -0.1) is 0 Å². The number of hydrogen-bond donors (Lipinski definition) is 4. The van der Waals surface area contributed by atoms with E-state index in [1.54, 1.807) is 12.5 Å². The minimum Gasteiger partial charge on any atom is -0.478 e. The molecule has 0 aliphatic heterocycles. The first-order valence-electron chi connectivity index (χ1n) is 11.8. The standard InChI is InChI=1S/C25H38N4O4S/c1-4-19(2)22(27-14-12-21-16-26-18-28-21)17-33-25(24(31)32,13-15-34-3)29-23(30)11-10-20-8-6-5-7-9-20/h5-9,16,18-19,22,27H,4,10-15,17H2,1-3H3,(H,26,28)(H,29,30)(H,31,32)/t19-,22+,25-/m0/s1. The van der Waals surface area contributed by atoms with Crippen molar-refractivity contribution in [1.29, 1.82) is 0 Å². The lowest BCUT2D eigenvalue weighted by Gasteiger charge is -2.34. The van der Waals surface area contributed by atoms with Crippen molar-refractivity contribution in [2.45, 2.75) is 57.7 Å². The second kappa shape index (κ2) is 14.8. The highest BCUT2D eigenvalue weighted by Gasteiger charge is 2.41. The van der Waals surface area contributed by atoms with Gasteiger partial charge in [-0.1, -0.05) is 50.6 Å². The van der Waals surface area contributed by atoms with Crippen LogP contribution in [0.4, 0.5) is 0 Å². The molecule has 0 saturated carbocycles. The maximum Gasteiger partial charge on any atom is 0.357 e. The Morgan fingerprint density at radius 1 is 1.26 bits per heavy atom. The Balaban J connectivity index is 2.03. The van der Waals surface area contributed by atoms with E-state index in [2.05, 4.69) is 34.4 Å². The zero-order valence-corrected chi connectivity index (χ0v) is 21.2. The zero-order chi connectivity index (χ0) is 24.8. The number of H-pyrrole nitrogens is 1. The van der Waals surface area contributed by atoms with E-state index < -0.39 is 11.7 Å². The van der Waals surface area contributed by atoms with E-state index in [1.807, 2.05) is 36.6 Å². The molecular formula is C25H38N4O4S. The topological polar surface area (TPSA) is 116 Å². The van der Waals surface area contributed by atoms with Gasteiger partial charge in [-0.3, -0.25) is 4.79 Å². The van der Waals surface area contributed by atoms with Crippen LogP contribution in [0.1, 0.15) is 44.4 Å². The number of ether oxygens (including phenoxy) is 1. The van der Waals surface area contributed by atoms with Crippen molar-refractivity contribution >= 4 is 23.6 Å². The first kappa shape index (κ1) is 27.9. The van der Waals surface area contributed by atoms with Crippen molar-refractivity contribution in [2.75, 3.05) is 25.2 Å². The van der Waals surface area contributed by atoms with Crippen LogP contribution in [0.25, 0.3) is 0 Å². The average Bonchev–Trinajstić information content (AvgIpc) is 3.36. The molecule has 0 aliphatic carbocycles. The number of aryl methyl sites for hydroxylation is 1. The van der Waals surface area contributed by atoms with Gasteiger partial charge in [0.15, 0.2) is 0 Å². The Morgan fingerprint density at radius 2 is 2.03 bits per heavy atom. The van der Waals surface area contributed by atoms with E-state index in [1.165, 1.54) is 11.8 Å². The number of hydrogen-bond acceptors (Lipinski definition) is 6. The van der Waals surface area contributed by atoms with Crippen molar-refractivity contribution in [3.63, 3.8) is 0 Å². The summed E-state index contributed by atoms with van der Waals surface area (Å²) in [6.45, 7) is 5.09. The third-order valence-electron chi connectivity index (χ3n) is 6.02. The predicted molar refractivity (Wildman–Crippen MR) is 136 cm³/mol. The summed E-state index contributed by atoms with van der Waals surface area (Å²) in [6.07, 6.45) is 7.95. The van der Waals surface area contributed by atoms with E-state index in [9.17, 15) is 14.7 Å². The molecule has 2 rings (SSSR count). The predicted octanol–water partition coefficient (Wildman–Crippen LogP) is 3.26. The summed E-state index contributed by atoms with van der Waals surface area (Å²) in [6, 6.07) is 9.62. The third-order valence-corrected chi connectivity index (χ3v) is 6.64. The van der Waals surface area contributed by atoms with Crippen molar-refractivity contribution in [3.8, 4) is 0 Å². The number of nitrogens with one attached hydrogen (secondary N) is 3. The SMILES string of the molecule is CC[C@H](C)[C@@H](CO[C@](CCSC)(NC(=O)CCc1ccccc1)C(=O)O)NCCc1cnc[nH]1. The minimum absolute atomic E-state index is 0.0536. The summed E-state index contributed by atoms with van der Waals surface area (Å²) in [5.74, 6) is -0.691. The molecule has 188 valence electrons. The number of carbonyl (C=O) groups excluding carboxylic acids is 1. The molecule has 1 aromatic heterocycles. The highest BCUT2D eigenvalue weighted by atomic mass is 32.2. The van der Waals surface area contributed by atoms with Crippen LogP contribution in [-0.2, 0) is 27.2 Å². The molecule has 9 heteroatoms. The molecule has 0 radical (unpaired) electrons. The zero-order valence-electron chi connectivity index (χ0n) is 20.4. The second-order valence-corrected chi connectivity index (χ2v) is 9.48. The Hall–Kier alpha value is -2.36. The number of carbonyl (C=O) groups is 2. The lowest BCUT2D eigenvalue weighted by atomic mass is 9.99. The molecule has 3 atom stereocenters. The fourth-order valence-electron chi connectivity index (χ4n) is 3.58. The van der Waals surface area contributed by atoms with Gasteiger partial charge in [0.05, 0.1) is 12.9 Å². The highest BCUT2D eigenvalue weighted by molar-refractivity contribution is 7.98. The van der Waals surface area contributed by atoms with Gasteiger partial charge in [-0.05, 0) is 29.9 Å². The van der Waals surface area contributed by atoms with Crippen LogP contribution in [0.5, 0.6) is 0 Å². The summed E-state index contributed by atoms with van der Waals surface area (Å²) in [5, 5.41) is 16.3. The Morgan fingerprint density at radius 3 is 2.65 bits per heavy atom.